The average molecular weight is 246 g/mol. The molecule has 1 aromatic heterocycles. The smallest absolute Gasteiger partial charge is 0.134 e. The van der Waals surface area contributed by atoms with Gasteiger partial charge in [-0.25, -0.2) is 0 Å². The van der Waals surface area contributed by atoms with Crippen molar-refractivity contribution in [2.24, 2.45) is 5.92 Å². The molecule has 0 aromatic carbocycles. The molecule has 0 aliphatic rings. The molecule has 0 fully saturated rings. The average Bonchev–Trinajstić information content (AvgIpc) is 2.47. The first-order chi connectivity index (χ1) is 6.15. The SMILES string of the molecule is CNC(CC(C)C)c1occc1Br. The molecule has 0 aliphatic carbocycles. The quantitative estimate of drug-likeness (QED) is 0.881. The van der Waals surface area contributed by atoms with Crippen molar-refractivity contribution in [2.75, 3.05) is 7.05 Å². The Morgan fingerprint density at radius 3 is 2.62 bits per heavy atom. The Hall–Kier alpha value is -0.280. The van der Waals surface area contributed by atoms with E-state index < -0.39 is 0 Å². The lowest BCUT2D eigenvalue weighted by Crippen LogP contribution is -2.18. The standard InChI is InChI=1S/C10H16BrNO/c1-7(2)6-9(12-3)10-8(11)4-5-13-10/h4-5,7,9,12H,6H2,1-3H3. The van der Waals surface area contributed by atoms with Crippen LogP contribution >= 0.6 is 15.9 Å². The van der Waals surface area contributed by atoms with Gasteiger partial charge in [0.2, 0.25) is 0 Å². The van der Waals surface area contributed by atoms with Crippen molar-refractivity contribution in [3.63, 3.8) is 0 Å². The zero-order chi connectivity index (χ0) is 9.84. The van der Waals surface area contributed by atoms with E-state index in [2.05, 4.69) is 35.1 Å². The molecule has 3 heteroatoms. The summed E-state index contributed by atoms with van der Waals surface area (Å²) in [6.45, 7) is 4.42. The lowest BCUT2D eigenvalue weighted by atomic mass is 10.0. The van der Waals surface area contributed by atoms with Crippen LogP contribution in [0.2, 0.25) is 0 Å². The highest BCUT2D eigenvalue weighted by Crippen LogP contribution is 2.28. The van der Waals surface area contributed by atoms with Gasteiger partial charge in [0.1, 0.15) is 5.76 Å². The number of furan rings is 1. The topological polar surface area (TPSA) is 25.2 Å². The van der Waals surface area contributed by atoms with Crippen molar-refractivity contribution in [1.82, 2.24) is 5.32 Å². The largest absolute Gasteiger partial charge is 0.466 e. The van der Waals surface area contributed by atoms with Gasteiger partial charge in [0.15, 0.2) is 0 Å². The van der Waals surface area contributed by atoms with E-state index in [1.54, 1.807) is 6.26 Å². The first kappa shape index (κ1) is 10.8. The van der Waals surface area contributed by atoms with E-state index in [0.717, 1.165) is 16.7 Å². The predicted octanol–water partition coefficient (Wildman–Crippen LogP) is 3.35. The van der Waals surface area contributed by atoms with Crippen molar-refractivity contribution in [1.29, 1.82) is 0 Å². The summed E-state index contributed by atoms with van der Waals surface area (Å²) in [5.74, 6) is 1.66. The monoisotopic (exact) mass is 245 g/mol. The maximum absolute atomic E-state index is 5.41. The highest BCUT2D eigenvalue weighted by Gasteiger charge is 2.16. The van der Waals surface area contributed by atoms with Crippen molar-refractivity contribution in [2.45, 2.75) is 26.3 Å². The second kappa shape index (κ2) is 4.82. The molecule has 1 unspecified atom stereocenters. The lowest BCUT2D eigenvalue weighted by Gasteiger charge is -2.16. The first-order valence-corrected chi connectivity index (χ1v) is 5.34. The molecule has 1 N–H and O–H groups in total. The van der Waals surface area contributed by atoms with E-state index in [9.17, 15) is 0 Å². The minimum Gasteiger partial charge on any atom is -0.466 e. The zero-order valence-corrected chi connectivity index (χ0v) is 9.89. The molecule has 0 radical (unpaired) electrons. The maximum atomic E-state index is 5.41. The van der Waals surface area contributed by atoms with Crippen LogP contribution in [-0.2, 0) is 0 Å². The molecule has 0 amide bonds. The Morgan fingerprint density at radius 2 is 2.23 bits per heavy atom. The van der Waals surface area contributed by atoms with E-state index in [1.807, 2.05) is 13.1 Å². The van der Waals surface area contributed by atoms with E-state index in [0.29, 0.717) is 12.0 Å². The van der Waals surface area contributed by atoms with Gasteiger partial charge in [-0.2, -0.15) is 0 Å². The fourth-order valence-electron chi connectivity index (χ4n) is 1.38. The highest BCUT2D eigenvalue weighted by atomic mass is 79.9. The van der Waals surface area contributed by atoms with Gasteiger partial charge in [-0.1, -0.05) is 13.8 Å². The minimum atomic E-state index is 0.310. The van der Waals surface area contributed by atoms with Crippen molar-refractivity contribution >= 4 is 15.9 Å². The summed E-state index contributed by atoms with van der Waals surface area (Å²) in [4.78, 5) is 0. The minimum absolute atomic E-state index is 0.310. The van der Waals surface area contributed by atoms with Crippen molar-refractivity contribution < 1.29 is 4.42 Å². The highest BCUT2D eigenvalue weighted by molar-refractivity contribution is 9.10. The number of hydrogen-bond acceptors (Lipinski definition) is 2. The second-order valence-corrected chi connectivity index (χ2v) is 4.46. The predicted molar refractivity (Wildman–Crippen MR) is 57.7 cm³/mol. The van der Waals surface area contributed by atoms with Gasteiger partial charge >= 0.3 is 0 Å². The number of halogens is 1. The molecule has 1 atom stereocenters. The molecule has 1 heterocycles. The Balaban J connectivity index is 2.72. The van der Waals surface area contributed by atoms with Crippen LogP contribution in [-0.4, -0.2) is 7.05 Å². The van der Waals surface area contributed by atoms with Crippen LogP contribution in [0.15, 0.2) is 21.2 Å². The fraction of sp³-hybridized carbons (Fsp3) is 0.600. The van der Waals surface area contributed by atoms with E-state index >= 15 is 0 Å². The van der Waals surface area contributed by atoms with Crippen LogP contribution in [0.5, 0.6) is 0 Å². The Labute approximate surface area is 87.8 Å². The third kappa shape index (κ3) is 2.85. The number of nitrogens with one attached hydrogen (secondary N) is 1. The van der Waals surface area contributed by atoms with Gasteiger partial charge in [0.05, 0.1) is 16.8 Å². The summed E-state index contributed by atoms with van der Waals surface area (Å²) in [5.41, 5.74) is 0. The van der Waals surface area contributed by atoms with Gasteiger partial charge in [-0.15, -0.1) is 0 Å². The van der Waals surface area contributed by atoms with Gasteiger partial charge in [-0.3, -0.25) is 0 Å². The van der Waals surface area contributed by atoms with Gasteiger partial charge in [0, 0.05) is 0 Å². The summed E-state index contributed by atoms with van der Waals surface area (Å²) < 4.78 is 6.46. The van der Waals surface area contributed by atoms with Crippen LogP contribution in [0.4, 0.5) is 0 Å². The van der Waals surface area contributed by atoms with Crippen molar-refractivity contribution in [3.8, 4) is 0 Å². The Kier molecular flexibility index (Phi) is 4.00. The Morgan fingerprint density at radius 1 is 1.54 bits per heavy atom. The third-order valence-electron chi connectivity index (χ3n) is 2.02. The lowest BCUT2D eigenvalue weighted by molar-refractivity contribution is 0.376. The third-order valence-corrected chi connectivity index (χ3v) is 2.67. The van der Waals surface area contributed by atoms with Crippen LogP contribution < -0.4 is 5.32 Å². The zero-order valence-electron chi connectivity index (χ0n) is 8.30. The summed E-state index contributed by atoms with van der Waals surface area (Å²) in [5, 5.41) is 3.25. The molecule has 0 saturated heterocycles. The molecular formula is C10H16BrNO. The normalized spacial score (nSPS) is 13.6. The van der Waals surface area contributed by atoms with Gasteiger partial charge in [0.25, 0.3) is 0 Å². The van der Waals surface area contributed by atoms with Gasteiger partial charge < -0.3 is 9.73 Å². The van der Waals surface area contributed by atoms with Gasteiger partial charge in [-0.05, 0) is 41.4 Å². The molecule has 1 aromatic rings. The number of hydrogen-bond donors (Lipinski definition) is 1. The first-order valence-electron chi connectivity index (χ1n) is 4.55. The molecule has 74 valence electrons. The van der Waals surface area contributed by atoms with E-state index in [-0.39, 0.29) is 0 Å². The van der Waals surface area contributed by atoms with Crippen LogP contribution in [0.1, 0.15) is 32.1 Å². The number of rotatable bonds is 4. The van der Waals surface area contributed by atoms with Crippen LogP contribution in [0.3, 0.4) is 0 Å². The fourth-order valence-corrected chi connectivity index (χ4v) is 1.86. The molecule has 0 bridgehead atoms. The summed E-state index contributed by atoms with van der Waals surface area (Å²) >= 11 is 3.46. The summed E-state index contributed by atoms with van der Waals surface area (Å²) in [6.07, 6.45) is 2.80. The molecular weight excluding hydrogens is 230 g/mol. The van der Waals surface area contributed by atoms with E-state index in [4.69, 9.17) is 4.42 Å². The molecule has 2 nitrogen and oxygen atoms in total. The summed E-state index contributed by atoms with van der Waals surface area (Å²) in [6, 6.07) is 2.24. The van der Waals surface area contributed by atoms with Crippen LogP contribution in [0.25, 0.3) is 0 Å². The second-order valence-electron chi connectivity index (χ2n) is 3.60. The maximum Gasteiger partial charge on any atom is 0.134 e. The summed E-state index contributed by atoms with van der Waals surface area (Å²) in [7, 11) is 1.96. The van der Waals surface area contributed by atoms with Crippen molar-refractivity contribution in [3.05, 3.63) is 22.6 Å². The molecule has 0 aliphatic heterocycles. The Bertz CT molecular complexity index is 257. The molecule has 13 heavy (non-hydrogen) atoms. The molecule has 0 spiro atoms. The van der Waals surface area contributed by atoms with E-state index in [1.165, 1.54) is 0 Å². The molecule has 1 rings (SSSR count). The molecule has 0 saturated carbocycles. The van der Waals surface area contributed by atoms with Crippen LogP contribution in [0, 0.1) is 5.92 Å².